The van der Waals surface area contributed by atoms with E-state index in [1.54, 1.807) is 21.9 Å². The van der Waals surface area contributed by atoms with Crippen molar-refractivity contribution in [2.75, 3.05) is 13.7 Å². The quantitative estimate of drug-likeness (QED) is 0.528. The van der Waals surface area contributed by atoms with Gasteiger partial charge in [0.1, 0.15) is 17.5 Å². The highest BCUT2D eigenvalue weighted by Gasteiger charge is 2.40. The number of nitrogens with zero attached hydrogens (tertiary/aromatic N) is 3. The molecule has 1 saturated heterocycles. The highest BCUT2D eigenvalue weighted by Crippen LogP contribution is 2.32. The van der Waals surface area contributed by atoms with Crippen LogP contribution in [0.3, 0.4) is 0 Å². The fourth-order valence-electron chi connectivity index (χ4n) is 3.46. The van der Waals surface area contributed by atoms with E-state index in [-0.39, 0.29) is 18.6 Å². The number of amides is 1. The van der Waals surface area contributed by atoms with E-state index in [1.807, 2.05) is 25.2 Å². The Kier molecular flexibility index (Phi) is 5.94. The van der Waals surface area contributed by atoms with Crippen LogP contribution in [0.1, 0.15) is 37.7 Å². The molecule has 26 heavy (non-hydrogen) atoms. The highest BCUT2D eigenvalue weighted by atomic mass is 79.9. The standard InChI is InChI=1S/C19H20BrN3O2S/c1-22-16(12-13-11-14(20)7-8-17(13)25-10-9-21)18(24)23(19(22)26)15-5-3-2-4-6-15/h7-8,11-12,15H,2-6,10H2,1H3/b16-12-. The molecule has 3 rings (SSSR count). The van der Waals surface area contributed by atoms with E-state index in [0.717, 1.165) is 35.7 Å². The maximum Gasteiger partial charge on any atom is 0.277 e. The van der Waals surface area contributed by atoms with Crippen molar-refractivity contribution in [1.29, 1.82) is 5.26 Å². The van der Waals surface area contributed by atoms with Crippen LogP contribution >= 0.6 is 28.1 Å². The van der Waals surface area contributed by atoms with Gasteiger partial charge in [-0.3, -0.25) is 9.69 Å². The van der Waals surface area contributed by atoms with Crippen molar-refractivity contribution in [1.82, 2.24) is 9.80 Å². The highest BCUT2D eigenvalue weighted by molar-refractivity contribution is 9.10. The summed E-state index contributed by atoms with van der Waals surface area (Å²) in [5, 5.41) is 9.33. The molecule has 1 aliphatic carbocycles. The Morgan fingerprint density at radius 3 is 2.81 bits per heavy atom. The predicted molar refractivity (Wildman–Crippen MR) is 107 cm³/mol. The first kappa shape index (κ1) is 18.9. The molecule has 2 fully saturated rings. The van der Waals surface area contributed by atoms with E-state index in [0.29, 0.717) is 16.6 Å². The molecule has 1 aliphatic heterocycles. The molecular formula is C19H20BrN3O2S. The minimum absolute atomic E-state index is 0.0474. The molecule has 0 bridgehead atoms. The molecule has 0 N–H and O–H groups in total. The van der Waals surface area contributed by atoms with Gasteiger partial charge in [-0.15, -0.1) is 0 Å². The van der Waals surface area contributed by atoms with Gasteiger partial charge in [0.25, 0.3) is 5.91 Å². The van der Waals surface area contributed by atoms with Gasteiger partial charge in [0.2, 0.25) is 0 Å². The monoisotopic (exact) mass is 433 g/mol. The van der Waals surface area contributed by atoms with Crippen LogP contribution in [0.4, 0.5) is 0 Å². The smallest absolute Gasteiger partial charge is 0.277 e. The van der Waals surface area contributed by atoms with Crippen LogP contribution < -0.4 is 4.74 Å². The van der Waals surface area contributed by atoms with Crippen LogP contribution in [0.2, 0.25) is 0 Å². The lowest BCUT2D eigenvalue weighted by Crippen LogP contribution is -2.41. The van der Waals surface area contributed by atoms with Crippen LogP contribution in [0.15, 0.2) is 28.4 Å². The van der Waals surface area contributed by atoms with Gasteiger partial charge in [-0.25, -0.2) is 0 Å². The third-order valence-corrected chi connectivity index (χ3v) is 5.75. The second-order valence-corrected chi connectivity index (χ2v) is 7.75. The number of likely N-dealkylation sites (N-methyl/N-ethyl adjacent to an activating group) is 1. The Hall–Kier alpha value is -1.91. The second kappa shape index (κ2) is 8.19. The molecule has 2 aliphatic rings. The number of benzene rings is 1. The van der Waals surface area contributed by atoms with Crippen LogP contribution in [-0.4, -0.2) is 40.5 Å². The molecule has 1 saturated carbocycles. The van der Waals surface area contributed by atoms with Crippen molar-refractivity contribution in [3.8, 4) is 11.8 Å². The lowest BCUT2D eigenvalue weighted by atomic mass is 9.94. The molecule has 1 heterocycles. The van der Waals surface area contributed by atoms with Gasteiger partial charge >= 0.3 is 0 Å². The van der Waals surface area contributed by atoms with Gasteiger partial charge in [0, 0.05) is 23.1 Å². The summed E-state index contributed by atoms with van der Waals surface area (Å²) in [6.45, 7) is -0.0474. The van der Waals surface area contributed by atoms with E-state index in [1.165, 1.54) is 6.42 Å². The normalized spacial score (nSPS) is 20.0. The Morgan fingerprint density at radius 2 is 2.12 bits per heavy atom. The molecule has 1 aromatic rings. The summed E-state index contributed by atoms with van der Waals surface area (Å²) < 4.78 is 6.36. The average Bonchev–Trinajstić information content (AvgIpc) is 2.85. The van der Waals surface area contributed by atoms with Gasteiger partial charge in [-0.2, -0.15) is 5.26 Å². The summed E-state index contributed by atoms with van der Waals surface area (Å²) >= 11 is 9.00. The topological polar surface area (TPSA) is 56.6 Å². The molecule has 1 amide bonds. The van der Waals surface area contributed by atoms with Gasteiger partial charge in [0.05, 0.1) is 0 Å². The minimum Gasteiger partial charge on any atom is -0.478 e. The molecule has 0 unspecified atom stereocenters. The Balaban J connectivity index is 1.93. The number of halogens is 1. The second-order valence-electron chi connectivity index (χ2n) is 6.47. The van der Waals surface area contributed by atoms with E-state index in [2.05, 4.69) is 15.9 Å². The first-order chi connectivity index (χ1) is 12.5. The Labute approximate surface area is 167 Å². The summed E-state index contributed by atoms with van der Waals surface area (Å²) in [6, 6.07) is 7.65. The van der Waals surface area contributed by atoms with E-state index in [4.69, 9.17) is 22.2 Å². The van der Waals surface area contributed by atoms with Gasteiger partial charge in [-0.05, 0) is 49.3 Å². The lowest BCUT2D eigenvalue weighted by Gasteiger charge is -2.30. The van der Waals surface area contributed by atoms with Gasteiger partial charge in [0.15, 0.2) is 11.7 Å². The number of carbonyl (C=O) groups excluding carboxylic acids is 1. The van der Waals surface area contributed by atoms with Crippen LogP contribution in [-0.2, 0) is 4.79 Å². The molecular weight excluding hydrogens is 414 g/mol. The zero-order chi connectivity index (χ0) is 18.7. The van der Waals surface area contributed by atoms with Crippen molar-refractivity contribution in [3.05, 3.63) is 33.9 Å². The largest absolute Gasteiger partial charge is 0.478 e. The lowest BCUT2D eigenvalue weighted by molar-refractivity contribution is -0.124. The van der Waals surface area contributed by atoms with Gasteiger partial charge in [-0.1, -0.05) is 35.2 Å². The van der Waals surface area contributed by atoms with Crippen LogP contribution in [0.25, 0.3) is 6.08 Å². The van der Waals surface area contributed by atoms with Crippen molar-refractivity contribution in [3.63, 3.8) is 0 Å². The van der Waals surface area contributed by atoms with Crippen molar-refractivity contribution >= 4 is 45.2 Å². The summed E-state index contributed by atoms with van der Waals surface area (Å²) in [5.41, 5.74) is 1.26. The van der Waals surface area contributed by atoms with E-state index in [9.17, 15) is 4.79 Å². The number of carbonyl (C=O) groups is 1. The summed E-state index contributed by atoms with van der Waals surface area (Å²) in [6.07, 6.45) is 7.28. The summed E-state index contributed by atoms with van der Waals surface area (Å²) in [7, 11) is 1.82. The molecule has 0 radical (unpaired) electrons. The fourth-order valence-corrected chi connectivity index (χ4v) is 4.17. The number of ether oxygens (including phenoxy) is 1. The molecule has 0 atom stereocenters. The molecule has 0 spiro atoms. The van der Waals surface area contributed by atoms with Crippen molar-refractivity contribution in [2.24, 2.45) is 0 Å². The zero-order valence-electron chi connectivity index (χ0n) is 14.6. The summed E-state index contributed by atoms with van der Waals surface area (Å²) in [5.74, 6) is 0.501. The first-order valence-corrected chi connectivity index (χ1v) is 9.85. The number of hydrogen-bond acceptors (Lipinski definition) is 4. The average molecular weight is 434 g/mol. The third-order valence-electron chi connectivity index (χ3n) is 4.79. The minimum atomic E-state index is -0.0596. The molecule has 136 valence electrons. The fraction of sp³-hybridized carbons (Fsp3) is 0.421. The third kappa shape index (κ3) is 3.76. The Morgan fingerprint density at radius 1 is 1.38 bits per heavy atom. The molecule has 0 aromatic heterocycles. The number of hydrogen-bond donors (Lipinski definition) is 0. The molecule has 5 nitrogen and oxygen atoms in total. The number of thiocarbonyl (C=S) groups is 1. The van der Waals surface area contributed by atoms with Crippen molar-refractivity contribution < 1.29 is 9.53 Å². The van der Waals surface area contributed by atoms with Crippen LogP contribution in [0.5, 0.6) is 5.75 Å². The van der Waals surface area contributed by atoms with Crippen molar-refractivity contribution in [2.45, 2.75) is 38.1 Å². The first-order valence-electron chi connectivity index (χ1n) is 8.65. The maximum atomic E-state index is 13.1. The van der Waals surface area contributed by atoms with Gasteiger partial charge < -0.3 is 9.64 Å². The van der Waals surface area contributed by atoms with E-state index < -0.39 is 0 Å². The SMILES string of the molecule is CN1C(=S)N(C2CCCCC2)C(=O)/C1=C/c1cc(Br)ccc1OCC#N. The van der Waals surface area contributed by atoms with E-state index >= 15 is 0 Å². The number of nitriles is 1. The zero-order valence-corrected chi connectivity index (χ0v) is 17.0. The molecule has 1 aromatic carbocycles. The molecule has 7 heteroatoms. The summed E-state index contributed by atoms with van der Waals surface area (Å²) in [4.78, 5) is 16.6. The Bertz CT molecular complexity index is 796. The number of rotatable bonds is 4. The van der Waals surface area contributed by atoms with Crippen LogP contribution in [0, 0.1) is 11.3 Å². The predicted octanol–water partition coefficient (Wildman–Crippen LogP) is 4.08. The maximum absolute atomic E-state index is 13.1.